The average Bonchev–Trinajstić information content (AvgIpc) is 2.82. The van der Waals surface area contributed by atoms with Crippen LogP contribution < -0.4 is 4.72 Å². The Morgan fingerprint density at radius 3 is 2.72 bits per heavy atom. The zero-order valence-electron chi connectivity index (χ0n) is 9.71. The minimum atomic E-state index is -3.52. The molecule has 1 aliphatic rings. The number of rotatable bonds is 5. The highest BCUT2D eigenvalue weighted by Gasteiger charge is 2.15. The smallest absolute Gasteiger partial charge is 0.242 e. The summed E-state index contributed by atoms with van der Waals surface area (Å²) >= 11 is 5.72. The van der Waals surface area contributed by atoms with Crippen LogP contribution in [0.4, 0.5) is 0 Å². The van der Waals surface area contributed by atoms with Gasteiger partial charge in [-0.05, 0) is 6.07 Å². The summed E-state index contributed by atoms with van der Waals surface area (Å²) in [5.41, 5.74) is 0. The Labute approximate surface area is 112 Å². The van der Waals surface area contributed by atoms with Gasteiger partial charge in [-0.1, -0.05) is 23.8 Å². The van der Waals surface area contributed by atoms with Crippen LogP contribution in [-0.2, 0) is 10.0 Å². The SMILES string of the molecule is O=S(=O)(NCCN1CC=CC1)c1cncc(Cl)c1. The highest BCUT2D eigenvalue weighted by molar-refractivity contribution is 7.89. The van der Waals surface area contributed by atoms with E-state index in [4.69, 9.17) is 11.6 Å². The summed E-state index contributed by atoms with van der Waals surface area (Å²) in [5.74, 6) is 0. The van der Waals surface area contributed by atoms with Crippen LogP contribution in [0, 0.1) is 0 Å². The number of nitrogens with zero attached hydrogens (tertiary/aromatic N) is 2. The zero-order valence-corrected chi connectivity index (χ0v) is 11.3. The van der Waals surface area contributed by atoms with Crippen LogP contribution in [0.2, 0.25) is 5.02 Å². The second-order valence-corrected chi connectivity index (χ2v) is 6.17. The van der Waals surface area contributed by atoms with Crippen molar-refractivity contribution in [1.82, 2.24) is 14.6 Å². The van der Waals surface area contributed by atoms with E-state index < -0.39 is 10.0 Å². The molecular weight excluding hydrogens is 274 g/mol. The van der Waals surface area contributed by atoms with Gasteiger partial charge in [-0.2, -0.15) is 0 Å². The number of halogens is 1. The van der Waals surface area contributed by atoms with E-state index in [1.165, 1.54) is 18.5 Å². The molecule has 0 radical (unpaired) electrons. The minimum Gasteiger partial charge on any atom is -0.295 e. The van der Waals surface area contributed by atoms with Gasteiger partial charge in [-0.15, -0.1) is 0 Å². The van der Waals surface area contributed by atoms with Gasteiger partial charge in [-0.3, -0.25) is 9.88 Å². The summed E-state index contributed by atoms with van der Waals surface area (Å²) in [5, 5.41) is 0.307. The predicted molar refractivity (Wildman–Crippen MR) is 70.0 cm³/mol. The molecule has 1 aromatic rings. The van der Waals surface area contributed by atoms with Crippen molar-refractivity contribution in [2.75, 3.05) is 26.2 Å². The first-order chi connectivity index (χ1) is 8.58. The van der Waals surface area contributed by atoms with Crippen molar-refractivity contribution < 1.29 is 8.42 Å². The molecule has 7 heteroatoms. The highest BCUT2D eigenvalue weighted by Crippen LogP contribution is 2.13. The van der Waals surface area contributed by atoms with E-state index in [1.54, 1.807) is 0 Å². The first-order valence-electron chi connectivity index (χ1n) is 5.55. The lowest BCUT2D eigenvalue weighted by atomic mass is 10.5. The fraction of sp³-hybridized carbons (Fsp3) is 0.364. The highest BCUT2D eigenvalue weighted by atomic mass is 35.5. The molecule has 2 heterocycles. The maximum absolute atomic E-state index is 11.9. The fourth-order valence-electron chi connectivity index (χ4n) is 1.67. The quantitative estimate of drug-likeness (QED) is 0.817. The van der Waals surface area contributed by atoms with Gasteiger partial charge in [0.05, 0.1) is 5.02 Å². The molecule has 0 aromatic carbocycles. The molecule has 2 rings (SSSR count). The van der Waals surface area contributed by atoms with Crippen molar-refractivity contribution >= 4 is 21.6 Å². The van der Waals surface area contributed by atoms with Crippen LogP contribution >= 0.6 is 11.6 Å². The van der Waals surface area contributed by atoms with E-state index >= 15 is 0 Å². The van der Waals surface area contributed by atoms with Crippen molar-refractivity contribution in [3.8, 4) is 0 Å². The number of nitrogens with one attached hydrogen (secondary N) is 1. The van der Waals surface area contributed by atoms with Crippen molar-refractivity contribution in [2.24, 2.45) is 0 Å². The number of pyridine rings is 1. The number of sulfonamides is 1. The molecule has 1 N–H and O–H groups in total. The van der Waals surface area contributed by atoms with Crippen LogP contribution in [0.1, 0.15) is 0 Å². The molecule has 0 spiro atoms. The number of hydrogen-bond acceptors (Lipinski definition) is 4. The van der Waals surface area contributed by atoms with E-state index in [9.17, 15) is 8.42 Å². The molecule has 0 saturated carbocycles. The van der Waals surface area contributed by atoms with Crippen LogP contribution in [0.3, 0.4) is 0 Å². The van der Waals surface area contributed by atoms with Gasteiger partial charge in [0.25, 0.3) is 0 Å². The van der Waals surface area contributed by atoms with Gasteiger partial charge < -0.3 is 0 Å². The van der Waals surface area contributed by atoms with Crippen molar-refractivity contribution in [2.45, 2.75) is 4.90 Å². The molecule has 0 bridgehead atoms. The fourth-order valence-corrected chi connectivity index (χ4v) is 2.91. The van der Waals surface area contributed by atoms with Crippen LogP contribution in [0.15, 0.2) is 35.5 Å². The lowest BCUT2D eigenvalue weighted by molar-refractivity contribution is 0.357. The summed E-state index contributed by atoms with van der Waals surface area (Å²) in [6.45, 7) is 2.80. The molecule has 98 valence electrons. The van der Waals surface area contributed by atoms with Gasteiger partial charge in [0.15, 0.2) is 0 Å². The Morgan fingerprint density at radius 2 is 2.06 bits per heavy atom. The lowest BCUT2D eigenvalue weighted by Gasteiger charge is -2.14. The molecule has 1 aliphatic heterocycles. The Hall–Kier alpha value is -0.950. The summed E-state index contributed by atoms with van der Waals surface area (Å²) in [6, 6.07) is 1.38. The summed E-state index contributed by atoms with van der Waals surface area (Å²) in [7, 11) is -3.52. The standard InChI is InChI=1S/C11H14ClN3O2S/c12-10-7-11(9-13-8-10)18(16,17)14-3-6-15-4-1-2-5-15/h1-2,7-9,14H,3-6H2. The van der Waals surface area contributed by atoms with Crippen molar-refractivity contribution in [3.63, 3.8) is 0 Å². The Kier molecular flexibility index (Phi) is 4.34. The van der Waals surface area contributed by atoms with Crippen LogP contribution in [0.5, 0.6) is 0 Å². The molecule has 18 heavy (non-hydrogen) atoms. The topological polar surface area (TPSA) is 62.3 Å². The van der Waals surface area contributed by atoms with E-state index in [-0.39, 0.29) is 4.90 Å². The number of aromatic nitrogens is 1. The van der Waals surface area contributed by atoms with E-state index in [0.717, 1.165) is 13.1 Å². The van der Waals surface area contributed by atoms with Gasteiger partial charge in [0, 0.05) is 38.6 Å². The average molecular weight is 288 g/mol. The summed E-state index contributed by atoms with van der Waals surface area (Å²) in [4.78, 5) is 5.99. The third kappa shape index (κ3) is 3.52. The normalized spacial score (nSPS) is 16.3. The minimum absolute atomic E-state index is 0.0922. The molecule has 0 fully saturated rings. The predicted octanol–water partition coefficient (Wildman–Crippen LogP) is 0.885. The molecular formula is C11H14ClN3O2S. The Balaban J connectivity index is 1.91. The van der Waals surface area contributed by atoms with E-state index in [1.807, 2.05) is 0 Å². The van der Waals surface area contributed by atoms with E-state index in [0.29, 0.717) is 18.1 Å². The maximum atomic E-state index is 11.9. The second-order valence-electron chi connectivity index (χ2n) is 3.97. The molecule has 0 unspecified atom stereocenters. The van der Waals surface area contributed by atoms with E-state index in [2.05, 4.69) is 26.8 Å². The van der Waals surface area contributed by atoms with Gasteiger partial charge in [-0.25, -0.2) is 13.1 Å². The van der Waals surface area contributed by atoms with Crippen molar-refractivity contribution in [1.29, 1.82) is 0 Å². The second kappa shape index (κ2) is 5.79. The molecule has 0 saturated heterocycles. The Morgan fingerprint density at radius 1 is 1.33 bits per heavy atom. The molecule has 0 amide bonds. The molecule has 0 atom stereocenters. The third-order valence-corrected chi connectivity index (χ3v) is 4.24. The monoisotopic (exact) mass is 287 g/mol. The van der Waals surface area contributed by atoms with Gasteiger partial charge in [0.1, 0.15) is 4.90 Å². The number of hydrogen-bond donors (Lipinski definition) is 1. The lowest BCUT2D eigenvalue weighted by Crippen LogP contribution is -2.33. The maximum Gasteiger partial charge on any atom is 0.242 e. The molecule has 1 aromatic heterocycles. The summed E-state index contributed by atoms with van der Waals surface area (Å²) in [6.07, 6.45) is 6.81. The first-order valence-corrected chi connectivity index (χ1v) is 7.41. The Bertz CT molecular complexity index is 537. The largest absolute Gasteiger partial charge is 0.295 e. The van der Waals surface area contributed by atoms with Crippen LogP contribution in [-0.4, -0.2) is 44.5 Å². The zero-order chi connectivity index (χ0) is 13.0. The van der Waals surface area contributed by atoms with Gasteiger partial charge >= 0.3 is 0 Å². The summed E-state index contributed by atoms with van der Waals surface area (Å²) < 4.78 is 26.4. The molecule has 5 nitrogen and oxygen atoms in total. The molecule has 0 aliphatic carbocycles. The van der Waals surface area contributed by atoms with Crippen LogP contribution in [0.25, 0.3) is 0 Å². The first kappa shape index (κ1) is 13.5. The van der Waals surface area contributed by atoms with Crippen molar-refractivity contribution in [3.05, 3.63) is 35.6 Å². The third-order valence-electron chi connectivity index (χ3n) is 2.60. The van der Waals surface area contributed by atoms with Gasteiger partial charge in [0.2, 0.25) is 10.0 Å².